The van der Waals surface area contributed by atoms with Crippen molar-refractivity contribution in [2.75, 3.05) is 0 Å². The third-order valence-electron chi connectivity index (χ3n) is 5.88. The second kappa shape index (κ2) is 4.56. The fourth-order valence-electron chi connectivity index (χ4n) is 4.84. The number of carbonyl (C=O) groups excluding carboxylic acids is 3. The minimum atomic E-state index is -0.562. The molecule has 1 saturated heterocycles. The summed E-state index contributed by atoms with van der Waals surface area (Å²) in [5.41, 5.74) is 2.62. The lowest BCUT2D eigenvalue weighted by Gasteiger charge is -2.37. The predicted octanol–water partition coefficient (Wildman–Crippen LogP) is 0.881. The molecular formula is C16H15BrN4O3. The summed E-state index contributed by atoms with van der Waals surface area (Å²) in [6.45, 7) is 0. The van der Waals surface area contributed by atoms with Gasteiger partial charge in [-0.2, -0.15) is 10.1 Å². The summed E-state index contributed by atoms with van der Waals surface area (Å²) in [6, 6.07) is 0. The molecule has 2 saturated carbocycles. The number of allylic oxidation sites excluding steroid dienone is 2. The van der Waals surface area contributed by atoms with Crippen LogP contribution in [0.3, 0.4) is 0 Å². The molecule has 1 aromatic heterocycles. The maximum absolute atomic E-state index is 12.8. The van der Waals surface area contributed by atoms with E-state index in [0.717, 1.165) is 11.4 Å². The highest BCUT2D eigenvalue weighted by Crippen LogP contribution is 2.65. The maximum atomic E-state index is 12.8. The largest absolute Gasteiger partial charge is 0.291 e. The van der Waals surface area contributed by atoms with Gasteiger partial charge in [-0.25, -0.2) is 0 Å². The molecule has 1 N–H and O–H groups in total. The van der Waals surface area contributed by atoms with Crippen molar-refractivity contribution in [3.8, 4) is 0 Å². The van der Waals surface area contributed by atoms with Crippen LogP contribution in [0, 0.1) is 35.5 Å². The number of hydrazine groups is 1. The van der Waals surface area contributed by atoms with E-state index in [1.165, 1.54) is 4.68 Å². The van der Waals surface area contributed by atoms with Gasteiger partial charge >= 0.3 is 0 Å². The number of rotatable bonds is 2. The van der Waals surface area contributed by atoms with Crippen molar-refractivity contribution in [3.63, 3.8) is 0 Å². The van der Waals surface area contributed by atoms with Gasteiger partial charge in [0.25, 0.3) is 17.7 Å². The number of aromatic nitrogens is 2. The smallest absolute Gasteiger partial charge is 0.274 e. The molecule has 7 nitrogen and oxygen atoms in total. The molecule has 1 aliphatic heterocycles. The molecule has 3 fully saturated rings. The highest BCUT2D eigenvalue weighted by molar-refractivity contribution is 9.10. The Morgan fingerprint density at radius 2 is 1.79 bits per heavy atom. The Kier molecular flexibility index (Phi) is 2.73. The molecule has 6 rings (SSSR count). The Labute approximate surface area is 146 Å². The Hall–Kier alpha value is -1.96. The van der Waals surface area contributed by atoms with Crippen LogP contribution in [-0.4, -0.2) is 32.5 Å². The zero-order valence-corrected chi connectivity index (χ0v) is 14.4. The maximum Gasteiger partial charge on any atom is 0.291 e. The van der Waals surface area contributed by atoms with Crippen molar-refractivity contribution in [3.05, 3.63) is 28.5 Å². The van der Waals surface area contributed by atoms with Crippen LogP contribution in [0.1, 0.15) is 16.9 Å². The van der Waals surface area contributed by atoms with Gasteiger partial charge in [0.15, 0.2) is 5.69 Å². The molecule has 2 heterocycles. The molecule has 5 aliphatic rings. The normalized spacial score (nSPS) is 38.3. The first-order valence-electron chi connectivity index (χ1n) is 8.03. The number of halogens is 1. The number of hydrogen-bond acceptors (Lipinski definition) is 4. The van der Waals surface area contributed by atoms with Gasteiger partial charge in [0.1, 0.15) is 0 Å². The van der Waals surface area contributed by atoms with Crippen molar-refractivity contribution < 1.29 is 14.4 Å². The SMILES string of the molecule is Cn1cc(Br)c(C(=O)NN2C(=O)[C@@H]3[C@H]4C=C[C@@H]([C@@H]5C[C@H]45)[C@@H]3C2=O)n1. The number of amides is 3. The monoisotopic (exact) mass is 390 g/mol. The second-order valence-corrected chi connectivity index (χ2v) is 7.96. The molecule has 1 aromatic rings. The van der Waals surface area contributed by atoms with Gasteiger partial charge in [0, 0.05) is 13.2 Å². The van der Waals surface area contributed by atoms with Crippen molar-refractivity contribution in [1.29, 1.82) is 0 Å². The molecule has 124 valence electrons. The third kappa shape index (κ3) is 1.72. The van der Waals surface area contributed by atoms with Crippen LogP contribution in [0.15, 0.2) is 22.8 Å². The molecule has 6 atom stereocenters. The Morgan fingerprint density at radius 3 is 2.29 bits per heavy atom. The van der Waals surface area contributed by atoms with Crippen LogP contribution in [0.25, 0.3) is 0 Å². The van der Waals surface area contributed by atoms with Crippen LogP contribution < -0.4 is 5.43 Å². The minimum absolute atomic E-state index is 0.143. The quantitative estimate of drug-likeness (QED) is 0.599. The summed E-state index contributed by atoms with van der Waals surface area (Å²) in [7, 11) is 1.69. The summed E-state index contributed by atoms with van der Waals surface area (Å²) in [5.74, 6) is -0.391. The molecule has 0 radical (unpaired) electrons. The lowest BCUT2D eigenvalue weighted by molar-refractivity contribution is -0.143. The zero-order chi connectivity index (χ0) is 16.7. The van der Waals surface area contributed by atoms with Crippen molar-refractivity contribution in [2.45, 2.75) is 6.42 Å². The van der Waals surface area contributed by atoms with Crippen LogP contribution in [0.2, 0.25) is 0 Å². The average Bonchev–Trinajstić information content (AvgIpc) is 3.26. The summed E-state index contributed by atoms with van der Waals surface area (Å²) in [6.07, 6.45) is 6.96. The molecule has 8 heteroatoms. The molecule has 0 spiro atoms. The number of aryl methyl sites for hydroxylation is 1. The van der Waals surface area contributed by atoms with Crippen LogP contribution >= 0.6 is 15.9 Å². The van der Waals surface area contributed by atoms with Crippen molar-refractivity contribution >= 4 is 33.7 Å². The van der Waals surface area contributed by atoms with Gasteiger partial charge in [-0.15, -0.1) is 0 Å². The highest BCUT2D eigenvalue weighted by Gasteiger charge is 2.67. The first-order chi connectivity index (χ1) is 11.5. The van der Waals surface area contributed by atoms with Gasteiger partial charge in [-0.3, -0.25) is 24.5 Å². The number of carbonyl (C=O) groups is 3. The van der Waals surface area contributed by atoms with Gasteiger partial charge in [-0.05, 0) is 46.0 Å². The Morgan fingerprint density at radius 1 is 1.21 bits per heavy atom. The molecule has 4 aliphatic carbocycles. The van der Waals surface area contributed by atoms with E-state index < -0.39 is 5.91 Å². The molecular weight excluding hydrogens is 376 g/mol. The van der Waals surface area contributed by atoms with E-state index in [-0.39, 0.29) is 41.2 Å². The Bertz CT molecular complexity index is 795. The number of imide groups is 1. The van der Waals surface area contributed by atoms with Gasteiger partial charge in [0.05, 0.1) is 16.3 Å². The van der Waals surface area contributed by atoms with Gasteiger partial charge < -0.3 is 0 Å². The summed E-state index contributed by atoms with van der Waals surface area (Å²) in [5, 5.41) is 4.98. The molecule has 2 bridgehead atoms. The van der Waals surface area contributed by atoms with Crippen molar-refractivity contribution in [2.24, 2.45) is 42.6 Å². The summed E-state index contributed by atoms with van der Waals surface area (Å²) >= 11 is 3.26. The van der Waals surface area contributed by atoms with Crippen molar-refractivity contribution in [1.82, 2.24) is 20.2 Å². The minimum Gasteiger partial charge on any atom is -0.274 e. The van der Waals surface area contributed by atoms with E-state index in [0.29, 0.717) is 16.3 Å². The van der Waals surface area contributed by atoms with Gasteiger partial charge in [-0.1, -0.05) is 12.2 Å². The topological polar surface area (TPSA) is 84.3 Å². The molecule has 24 heavy (non-hydrogen) atoms. The number of nitrogens with one attached hydrogen (secondary N) is 1. The average molecular weight is 391 g/mol. The molecule has 0 unspecified atom stereocenters. The van der Waals surface area contributed by atoms with E-state index in [1.807, 2.05) is 0 Å². The first-order valence-corrected chi connectivity index (χ1v) is 8.83. The van der Waals surface area contributed by atoms with E-state index in [4.69, 9.17) is 0 Å². The molecule has 3 amide bonds. The Balaban J connectivity index is 1.42. The second-order valence-electron chi connectivity index (χ2n) is 7.11. The zero-order valence-electron chi connectivity index (χ0n) is 12.8. The van der Waals surface area contributed by atoms with Crippen LogP contribution in [0.4, 0.5) is 0 Å². The van der Waals surface area contributed by atoms with Crippen LogP contribution in [0.5, 0.6) is 0 Å². The van der Waals surface area contributed by atoms with E-state index >= 15 is 0 Å². The first kappa shape index (κ1) is 14.4. The highest BCUT2D eigenvalue weighted by atomic mass is 79.9. The lowest BCUT2D eigenvalue weighted by atomic mass is 9.63. The summed E-state index contributed by atoms with van der Waals surface area (Å²) in [4.78, 5) is 38.0. The predicted molar refractivity (Wildman–Crippen MR) is 84.9 cm³/mol. The van der Waals surface area contributed by atoms with E-state index in [2.05, 4.69) is 38.6 Å². The van der Waals surface area contributed by atoms with E-state index in [1.54, 1.807) is 13.2 Å². The fourth-order valence-corrected chi connectivity index (χ4v) is 5.39. The standard InChI is InChI=1S/C16H15BrN4O3/c1-20-5-10(17)13(18-20)14(22)19-21-15(23)11-6-2-3-7(9-4-8(6)9)12(11)16(21)24/h2-3,5-9,11-12H,4H2,1H3,(H,19,22)/t6-,7-,8-,9+,11-,12+/m0/s1. The number of nitrogens with zero attached hydrogens (tertiary/aromatic N) is 3. The van der Waals surface area contributed by atoms with Gasteiger partial charge in [0.2, 0.25) is 0 Å². The third-order valence-corrected chi connectivity index (χ3v) is 6.46. The summed E-state index contributed by atoms with van der Waals surface area (Å²) < 4.78 is 2.01. The molecule has 0 aromatic carbocycles. The fraction of sp³-hybridized carbons (Fsp3) is 0.500. The van der Waals surface area contributed by atoms with E-state index in [9.17, 15) is 14.4 Å². The lowest BCUT2D eigenvalue weighted by Crippen LogP contribution is -2.47. The number of hydrogen-bond donors (Lipinski definition) is 1. The van der Waals surface area contributed by atoms with Crippen LogP contribution in [-0.2, 0) is 16.6 Å².